The van der Waals surface area contributed by atoms with E-state index in [1.807, 2.05) is 0 Å². The number of esters is 1. The predicted molar refractivity (Wildman–Crippen MR) is 47.9 cm³/mol. The molecule has 0 amide bonds. The summed E-state index contributed by atoms with van der Waals surface area (Å²) < 4.78 is 6.48. The van der Waals surface area contributed by atoms with Gasteiger partial charge in [-0.1, -0.05) is 0 Å². The lowest BCUT2D eigenvalue weighted by atomic mass is 10.2. The van der Waals surface area contributed by atoms with Gasteiger partial charge in [-0.05, 0) is 6.92 Å². The lowest BCUT2D eigenvalue weighted by Crippen LogP contribution is -2.43. The standard InChI is InChI=1S/C8H12N4O2/c1-2-14-8(13)7-10-5-12(11-7)6-3-9-4-6/h5-6,9H,2-4H2,1H3. The van der Waals surface area contributed by atoms with Gasteiger partial charge >= 0.3 is 5.97 Å². The van der Waals surface area contributed by atoms with E-state index in [0.29, 0.717) is 12.6 Å². The molecule has 0 radical (unpaired) electrons. The molecule has 0 atom stereocenters. The number of carbonyl (C=O) groups excluding carboxylic acids is 1. The number of nitrogens with zero attached hydrogens (tertiary/aromatic N) is 3. The van der Waals surface area contributed by atoms with Crippen LogP contribution in [-0.4, -0.2) is 40.4 Å². The minimum atomic E-state index is -0.460. The van der Waals surface area contributed by atoms with Crippen molar-refractivity contribution < 1.29 is 9.53 Å². The fourth-order valence-electron chi connectivity index (χ4n) is 1.20. The number of hydrogen-bond donors (Lipinski definition) is 1. The van der Waals surface area contributed by atoms with Crippen molar-refractivity contribution in [2.75, 3.05) is 19.7 Å². The first-order chi connectivity index (χ1) is 6.81. The zero-order valence-corrected chi connectivity index (χ0v) is 7.93. The molecule has 1 saturated heterocycles. The van der Waals surface area contributed by atoms with Crippen LogP contribution < -0.4 is 5.32 Å². The SMILES string of the molecule is CCOC(=O)c1ncn(C2CNC2)n1. The Morgan fingerprint density at radius 2 is 2.57 bits per heavy atom. The Morgan fingerprint density at radius 3 is 3.14 bits per heavy atom. The summed E-state index contributed by atoms with van der Waals surface area (Å²) in [6, 6.07) is 0.325. The largest absolute Gasteiger partial charge is 0.460 e. The van der Waals surface area contributed by atoms with Crippen molar-refractivity contribution in [1.82, 2.24) is 20.1 Å². The molecule has 14 heavy (non-hydrogen) atoms. The Kier molecular flexibility index (Phi) is 2.45. The minimum Gasteiger partial charge on any atom is -0.460 e. The van der Waals surface area contributed by atoms with Gasteiger partial charge in [0.25, 0.3) is 5.82 Å². The number of ether oxygens (including phenoxy) is 1. The highest BCUT2D eigenvalue weighted by molar-refractivity contribution is 5.84. The molecule has 0 aliphatic carbocycles. The Bertz CT molecular complexity index is 332. The van der Waals surface area contributed by atoms with Gasteiger partial charge in [0.05, 0.1) is 12.6 Å². The number of nitrogens with one attached hydrogen (secondary N) is 1. The van der Waals surface area contributed by atoms with Crippen molar-refractivity contribution in [3.8, 4) is 0 Å². The first-order valence-corrected chi connectivity index (χ1v) is 4.60. The molecule has 2 rings (SSSR count). The third kappa shape index (κ3) is 1.60. The average Bonchev–Trinajstić information content (AvgIpc) is 2.50. The summed E-state index contributed by atoms with van der Waals surface area (Å²) in [4.78, 5) is 15.1. The molecule has 6 heteroatoms. The minimum absolute atomic E-state index is 0.138. The van der Waals surface area contributed by atoms with Crippen LogP contribution in [0.5, 0.6) is 0 Å². The Labute approximate surface area is 81.3 Å². The summed E-state index contributed by atoms with van der Waals surface area (Å²) in [5, 5.41) is 7.16. The monoisotopic (exact) mass is 196 g/mol. The zero-order valence-electron chi connectivity index (χ0n) is 7.93. The first-order valence-electron chi connectivity index (χ1n) is 4.60. The van der Waals surface area contributed by atoms with Crippen molar-refractivity contribution >= 4 is 5.97 Å². The van der Waals surface area contributed by atoms with Crippen LogP contribution in [0.2, 0.25) is 0 Å². The predicted octanol–water partition coefficient (Wildman–Crippen LogP) is -0.401. The van der Waals surface area contributed by atoms with Gasteiger partial charge in [0, 0.05) is 13.1 Å². The lowest BCUT2D eigenvalue weighted by molar-refractivity contribution is 0.0511. The van der Waals surface area contributed by atoms with Crippen LogP contribution in [0.3, 0.4) is 0 Å². The molecule has 1 aliphatic heterocycles. The van der Waals surface area contributed by atoms with E-state index in [4.69, 9.17) is 4.74 Å². The van der Waals surface area contributed by atoms with Gasteiger partial charge in [-0.2, -0.15) is 0 Å². The molecule has 2 heterocycles. The third-order valence-electron chi connectivity index (χ3n) is 2.10. The van der Waals surface area contributed by atoms with E-state index in [1.54, 1.807) is 17.9 Å². The summed E-state index contributed by atoms with van der Waals surface area (Å²) >= 11 is 0. The highest BCUT2D eigenvalue weighted by atomic mass is 16.5. The van der Waals surface area contributed by atoms with Crippen molar-refractivity contribution in [1.29, 1.82) is 0 Å². The normalized spacial score (nSPS) is 16.4. The van der Waals surface area contributed by atoms with Crippen LogP contribution in [0.4, 0.5) is 0 Å². The second kappa shape index (κ2) is 3.75. The van der Waals surface area contributed by atoms with Crippen molar-refractivity contribution in [3.05, 3.63) is 12.2 Å². The molecular weight excluding hydrogens is 184 g/mol. The molecule has 6 nitrogen and oxygen atoms in total. The number of rotatable bonds is 3. The molecule has 1 aromatic heterocycles. The molecule has 0 unspecified atom stereocenters. The van der Waals surface area contributed by atoms with Gasteiger partial charge in [-0.3, -0.25) is 0 Å². The highest BCUT2D eigenvalue weighted by Gasteiger charge is 2.21. The maximum atomic E-state index is 11.2. The summed E-state index contributed by atoms with van der Waals surface area (Å²) in [6.45, 7) is 3.86. The number of carbonyl (C=O) groups is 1. The average molecular weight is 196 g/mol. The van der Waals surface area contributed by atoms with Gasteiger partial charge in [0.1, 0.15) is 6.33 Å². The van der Waals surface area contributed by atoms with Gasteiger partial charge < -0.3 is 10.1 Å². The fraction of sp³-hybridized carbons (Fsp3) is 0.625. The molecule has 1 fully saturated rings. The second-order valence-corrected chi connectivity index (χ2v) is 3.08. The van der Waals surface area contributed by atoms with E-state index >= 15 is 0 Å². The van der Waals surface area contributed by atoms with Crippen molar-refractivity contribution in [2.45, 2.75) is 13.0 Å². The van der Waals surface area contributed by atoms with Crippen LogP contribution in [-0.2, 0) is 4.74 Å². The van der Waals surface area contributed by atoms with Gasteiger partial charge in [0.15, 0.2) is 0 Å². The Morgan fingerprint density at radius 1 is 1.79 bits per heavy atom. The van der Waals surface area contributed by atoms with Gasteiger partial charge in [0.2, 0.25) is 0 Å². The van der Waals surface area contributed by atoms with Crippen LogP contribution in [0, 0.1) is 0 Å². The fourth-order valence-corrected chi connectivity index (χ4v) is 1.20. The van der Waals surface area contributed by atoms with Crippen LogP contribution in [0.15, 0.2) is 6.33 Å². The van der Waals surface area contributed by atoms with Crippen molar-refractivity contribution in [2.24, 2.45) is 0 Å². The summed E-state index contributed by atoms with van der Waals surface area (Å²) in [5.41, 5.74) is 0. The van der Waals surface area contributed by atoms with Crippen LogP contribution in [0.25, 0.3) is 0 Å². The second-order valence-electron chi connectivity index (χ2n) is 3.08. The maximum Gasteiger partial charge on any atom is 0.378 e. The molecule has 76 valence electrons. The molecule has 1 aliphatic rings. The quantitative estimate of drug-likeness (QED) is 0.666. The molecule has 0 aromatic carbocycles. The first kappa shape index (κ1) is 9.14. The van der Waals surface area contributed by atoms with Crippen molar-refractivity contribution in [3.63, 3.8) is 0 Å². The van der Waals surface area contributed by atoms with E-state index < -0.39 is 5.97 Å². The zero-order chi connectivity index (χ0) is 9.97. The maximum absolute atomic E-state index is 11.2. The molecular formula is C8H12N4O2. The Balaban J connectivity index is 2.05. The van der Waals surface area contributed by atoms with E-state index in [9.17, 15) is 4.79 Å². The third-order valence-corrected chi connectivity index (χ3v) is 2.10. The van der Waals surface area contributed by atoms with Gasteiger partial charge in [-0.25, -0.2) is 14.5 Å². The lowest BCUT2D eigenvalue weighted by Gasteiger charge is -2.26. The molecule has 1 N–H and O–H groups in total. The molecule has 0 bridgehead atoms. The Hall–Kier alpha value is -1.43. The van der Waals surface area contributed by atoms with E-state index in [-0.39, 0.29) is 5.82 Å². The van der Waals surface area contributed by atoms with Crippen LogP contribution >= 0.6 is 0 Å². The molecule has 0 spiro atoms. The van der Waals surface area contributed by atoms with E-state index in [1.165, 1.54) is 0 Å². The number of hydrogen-bond acceptors (Lipinski definition) is 5. The summed E-state index contributed by atoms with van der Waals surface area (Å²) in [6.07, 6.45) is 1.57. The smallest absolute Gasteiger partial charge is 0.378 e. The molecule has 1 aromatic rings. The highest BCUT2D eigenvalue weighted by Crippen LogP contribution is 2.09. The van der Waals surface area contributed by atoms with E-state index in [2.05, 4.69) is 15.4 Å². The van der Waals surface area contributed by atoms with E-state index in [0.717, 1.165) is 13.1 Å². The molecule has 0 saturated carbocycles. The van der Waals surface area contributed by atoms with Gasteiger partial charge in [-0.15, -0.1) is 5.10 Å². The number of aromatic nitrogens is 3. The topological polar surface area (TPSA) is 69.0 Å². The summed E-state index contributed by atoms with van der Waals surface area (Å²) in [7, 11) is 0. The van der Waals surface area contributed by atoms with Crippen LogP contribution in [0.1, 0.15) is 23.6 Å². The summed E-state index contributed by atoms with van der Waals surface area (Å²) in [5.74, 6) is -0.322.